The van der Waals surface area contributed by atoms with Crippen LogP contribution >= 0.6 is 0 Å². The number of carbonyl (C=O) groups is 1. The van der Waals surface area contributed by atoms with Gasteiger partial charge in [-0.15, -0.1) is 0 Å². The first-order valence-corrected chi connectivity index (χ1v) is 8.51. The highest BCUT2D eigenvalue weighted by atomic mass is 16.6. The summed E-state index contributed by atoms with van der Waals surface area (Å²) < 4.78 is 17.2. The monoisotopic (exact) mass is 343 g/mol. The molecule has 2 aromatic heterocycles. The highest BCUT2D eigenvalue weighted by molar-refractivity contribution is 5.91. The Labute approximate surface area is 146 Å². The molecule has 2 fully saturated rings. The third kappa shape index (κ3) is 3.37. The molecular formula is C18H21N3O4. The van der Waals surface area contributed by atoms with Gasteiger partial charge in [0.1, 0.15) is 18.0 Å². The lowest BCUT2D eigenvalue weighted by atomic mass is 9.89. The average Bonchev–Trinajstić information content (AvgIpc) is 3.27. The van der Waals surface area contributed by atoms with Crippen LogP contribution in [0.15, 0.2) is 41.5 Å². The Bertz CT molecular complexity index is 721. The zero-order chi connectivity index (χ0) is 17.3. The Kier molecular flexibility index (Phi) is 4.17. The van der Waals surface area contributed by atoms with Crippen molar-refractivity contribution in [3.8, 4) is 5.75 Å². The van der Waals surface area contributed by atoms with Gasteiger partial charge in [0.2, 0.25) is 5.76 Å². The van der Waals surface area contributed by atoms with Crippen LogP contribution in [-0.2, 0) is 4.74 Å². The first-order valence-electron chi connectivity index (χ1n) is 8.51. The Morgan fingerprint density at radius 2 is 2.36 bits per heavy atom. The number of likely N-dealkylation sites (tertiary alicyclic amines) is 1. The minimum absolute atomic E-state index is 0.101. The number of hydrogen-bond donors (Lipinski definition) is 0. The van der Waals surface area contributed by atoms with E-state index in [4.69, 9.17) is 13.9 Å². The van der Waals surface area contributed by atoms with Crippen molar-refractivity contribution in [3.05, 3.63) is 42.9 Å². The van der Waals surface area contributed by atoms with Crippen LogP contribution in [0.4, 0.5) is 0 Å². The molecule has 0 N–H and O–H groups in total. The molecule has 4 rings (SSSR count). The summed E-state index contributed by atoms with van der Waals surface area (Å²) in [5.41, 5.74) is -0.351. The number of piperidine rings is 1. The van der Waals surface area contributed by atoms with E-state index >= 15 is 0 Å². The van der Waals surface area contributed by atoms with E-state index in [1.807, 2.05) is 17.0 Å². The van der Waals surface area contributed by atoms with Gasteiger partial charge in [-0.1, -0.05) is 0 Å². The number of nitrogens with zero attached hydrogens (tertiary/aromatic N) is 3. The minimum atomic E-state index is -0.351. The third-order valence-electron chi connectivity index (χ3n) is 4.90. The second kappa shape index (κ2) is 6.48. The molecule has 2 aliphatic rings. The molecule has 25 heavy (non-hydrogen) atoms. The predicted molar refractivity (Wildman–Crippen MR) is 88.1 cm³/mol. The van der Waals surface area contributed by atoms with Crippen molar-refractivity contribution >= 4 is 5.91 Å². The SMILES string of the molecule is C[C@]1(COc2cccnc2)C[C@@H]2CN(C(=O)c3cnco3)CC[C@@H]2O1. The number of amides is 1. The topological polar surface area (TPSA) is 77.7 Å². The maximum Gasteiger partial charge on any atom is 0.291 e. The fraction of sp³-hybridized carbons (Fsp3) is 0.500. The van der Waals surface area contributed by atoms with Crippen LogP contribution in [0.2, 0.25) is 0 Å². The van der Waals surface area contributed by atoms with E-state index in [1.54, 1.807) is 12.4 Å². The van der Waals surface area contributed by atoms with Crippen molar-refractivity contribution < 1.29 is 18.7 Å². The molecule has 3 atom stereocenters. The summed E-state index contributed by atoms with van der Waals surface area (Å²) in [5.74, 6) is 1.24. The summed E-state index contributed by atoms with van der Waals surface area (Å²) in [6.07, 6.45) is 8.02. The van der Waals surface area contributed by atoms with Gasteiger partial charge in [-0.2, -0.15) is 0 Å². The molecule has 0 aromatic carbocycles. The summed E-state index contributed by atoms with van der Waals surface area (Å²) >= 11 is 0. The summed E-state index contributed by atoms with van der Waals surface area (Å²) in [6, 6.07) is 3.73. The van der Waals surface area contributed by atoms with Crippen molar-refractivity contribution in [2.45, 2.75) is 31.5 Å². The number of rotatable bonds is 4. The van der Waals surface area contributed by atoms with Crippen LogP contribution in [-0.4, -0.2) is 52.2 Å². The predicted octanol–water partition coefficient (Wildman–Crippen LogP) is 2.16. The number of aromatic nitrogens is 2. The summed E-state index contributed by atoms with van der Waals surface area (Å²) in [7, 11) is 0. The molecule has 4 heterocycles. The molecule has 0 bridgehead atoms. The van der Waals surface area contributed by atoms with E-state index in [0.717, 1.165) is 18.6 Å². The molecule has 1 amide bonds. The van der Waals surface area contributed by atoms with E-state index in [0.29, 0.717) is 31.4 Å². The molecule has 2 aromatic rings. The van der Waals surface area contributed by atoms with Crippen LogP contribution in [0.3, 0.4) is 0 Å². The van der Waals surface area contributed by atoms with Crippen molar-refractivity contribution in [1.82, 2.24) is 14.9 Å². The van der Waals surface area contributed by atoms with Gasteiger partial charge in [-0.3, -0.25) is 9.78 Å². The lowest BCUT2D eigenvalue weighted by molar-refractivity contribution is -0.0676. The molecule has 0 aliphatic carbocycles. The van der Waals surface area contributed by atoms with Gasteiger partial charge in [0.05, 0.1) is 18.5 Å². The maximum absolute atomic E-state index is 12.4. The molecule has 0 saturated carbocycles. The minimum Gasteiger partial charge on any atom is -0.489 e. The van der Waals surface area contributed by atoms with Gasteiger partial charge in [0.15, 0.2) is 6.39 Å². The summed E-state index contributed by atoms with van der Waals surface area (Å²) in [4.78, 5) is 22.1. The van der Waals surface area contributed by atoms with Gasteiger partial charge >= 0.3 is 0 Å². The van der Waals surface area contributed by atoms with E-state index in [2.05, 4.69) is 16.9 Å². The van der Waals surface area contributed by atoms with E-state index in [-0.39, 0.29) is 17.6 Å². The largest absolute Gasteiger partial charge is 0.489 e. The summed E-state index contributed by atoms with van der Waals surface area (Å²) in [6.45, 7) is 3.89. The Balaban J connectivity index is 1.37. The van der Waals surface area contributed by atoms with Crippen LogP contribution < -0.4 is 4.74 Å². The number of pyridine rings is 1. The first-order chi connectivity index (χ1) is 12.1. The number of oxazole rings is 1. The van der Waals surface area contributed by atoms with Gasteiger partial charge in [0, 0.05) is 25.2 Å². The quantitative estimate of drug-likeness (QED) is 0.846. The highest BCUT2D eigenvalue weighted by Crippen LogP contribution is 2.39. The van der Waals surface area contributed by atoms with Crippen molar-refractivity contribution in [2.75, 3.05) is 19.7 Å². The molecule has 2 aliphatic heterocycles. The maximum atomic E-state index is 12.4. The van der Waals surface area contributed by atoms with E-state index in [9.17, 15) is 4.79 Å². The fourth-order valence-corrected chi connectivity index (χ4v) is 3.75. The zero-order valence-electron chi connectivity index (χ0n) is 14.1. The lowest BCUT2D eigenvalue weighted by Gasteiger charge is -2.33. The van der Waals surface area contributed by atoms with Gasteiger partial charge < -0.3 is 18.8 Å². The second-order valence-electron chi connectivity index (χ2n) is 6.95. The number of fused-ring (bicyclic) bond motifs is 1. The lowest BCUT2D eigenvalue weighted by Crippen LogP contribution is -2.44. The molecule has 0 spiro atoms. The van der Waals surface area contributed by atoms with Gasteiger partial charge in [-0.25, -0.2) is 4.98 Å². The standard InChI is InChI=1S/C18H21N3O4/c1-18(11-23-14-3-2-5-19-8-14)7-13-10-21(6-4-15(13)25-18)17(22)16-9-20-12-24-16/h2-3,5,8-9,12-13,15H,4,6-7,10-11H2,1H3/t13-,15+,18-/m1/s1. The summed E-state index contributed by atoms with van der Waals surface area (Å²) in [5, 5.41) is 0. The van der Waals surface area contributed by atoms with Crippen molar-refractivity contribution in [2.24, 2.45) is 5.92 Å². The van der Waals surface area contributed by atoms with Crippen LogP contribution in [0.1, 0.15) is 30.3 Å². The number of ether oxygens (including phenoxy) is 2. The molecular weight excluding hydrogens is 322 g/mol. The second-order valence-corrected chi connectivity index (χ2v) is 6.95. The third-order valence-corrected chi connectivity index (χ3v) is 4.90. The average molecular weight is 343 g/mol. The Morgan fingerprint density at radius 3 is 3.12 bits per heavy atom. The van der Waals surface area contributed by atoms with E-state index < -0.39 is 0 Å². The number of carbonyl (C=O) groups excluding carboxylic acids is 1. The van der Waals surface area contributed by atoms with Gasteiger partial charge in [-0.05, 0) is 31.9 Å². The van der Waals surface area contributed by atoms with Crippen LogP contribution in [0, 0.1) is 5.92 Å². The normalized spacial score (nSPS) is 28.6. The molecule has 0 radical (unpaired) electrons. The Morgan fingerprint density at radius 1 is 1.44 bits per heavy atom. The molecule has 0 unspecified atom stereocenters. The van der Waals surface area contributed by atoms with Crippen LogP contribution in [0.5, 0.6) is 5.75 Å². The highest BCUT2D eigenvalue weighted by Gasteiger charge is 2.47. The number of hydrogen-bond acceptors (Lipinski definition) is 6. The van der Waals surface area contributed by atoms with Crippen LogP contribution in [0.25, 0.3) is 0 Å². The van der Waals surface area contributed by atoms with Crippen molar-refractivity contribution in [1.29, 1.82) is 0 Å². The smallest absolute Gasteiger partial charge is 0.291 e. The van der Waals surface area contributed by atoms with E-state index in [1.165, 1.54) is 12.6 Å². The molecule has 7 nitrogen and oxygen atoms in total. The fourth-order valence-electron chi connectivity index (χ4n) is 3.75. The molecule has 7 heteroatoms. The zero-order valence-corrected chi connectivity index (χ0v) is 14.1. The molecule has 132 valence electrons. The Hall–Kier alpha value is -2.41. The van der Waals surface area contributed by atoms with Crippen molar-refractivity contribution in [3.63, 3.8) is 0 Å². The van der Waals surface area contributed by atoms with Gasteiger partial charge in [0.25, 0.3) is 5.91 Å². The molecule has 2 saturated heterocycles. The first kappa shape index (κ1) is 16.1.